The molecule has 5 nitrogen and oxygen atoms in total. The smallest absolute Gasteiger partial charge is 0.267 e. The van der Waals surface area contributed by atoms with Crippen LogP contribution in [0.5, 0.6) is 0 Å². The third kappa shape index (κ3) is 2.92. The SMILES string of the molecule is CCc1ncc(C(=O)Nc2cccc(-c3nccn3C)c2)s1. The maximum absolute atomic E-state index is 12.2. The van der Waals surface area contributed by atoms with Crippen molar-refractivity contribution in [3.05, 3.63) is 52.7 Å². The summed E-state index contributed by atoms with van der Waals surface area (Å²) in [6.07, 6.45) is 6.11. The molecule has 2 aromatic heterocycles. The Balaban J connectivity index is 1.81. The van der Waals surface area contributed by atoms with Crippen molar-refractivity contribution >= 4 is 22.9 Å². The normalized spacial score (nSPS) is 10.6. The van der Waals surface area contributed by atoms with Crippen LogP contribution in [0.15, 0.2) is 42.9 Å². The van der Waals surface area contributed by atoms with Crippen molar-refractivity contribution in [1.29, 1.82) is 0 Å². The quantitative estimate of drug-likeness (QED) is 0.803. The van der Waals surface area contributed by atoms with Crippen LogP contribution in [0.4, 0.5) is 5.69 Å². The molecule has 1 amide bonds. The molecule has 1 aromatic carbocycles. The Labute approximate surface area is 132 Å². The molecule has 0 unspecified atom stereocenters. The van der Waals surface area contributed by atoms with Gasteiger partial charge in [-0.3, -0.25) is 4.79 Å². The van der Waals surface area contributed by atoms with Gasteiger partial charge in [-0.05, 0) is 18.6 Å². The third-order valence-electron chi connectivity index (χ3n) is 3.28. The van der Waals surface area contributed by atoms with Gasteiger partial charge in [0.2, 0.25) is 0 Å². The van der Waals surface area contributed by atoms with Crippen molar-refractivity contribution in [3.63, 3.8) is 0 Å². The van der Waals surface area contributed by atoms with Gasteiger partial charge >= 0.3 is 0 Å². The average molecular weight is 312 g/mol. The summed E-state index contributed by atoms with van der Waals surface area (Å²) in [5.74, 6) is 0.733. The van der Waals surface area contributed by atoms with E-state index in [9.17, 15) is 4.79 Å². The molecule has 0 fully saturated rings. The summed E-state index contributed by atoms with van der Waals surface area (Å²) >= 11 is 1.43. The van der Waals surface area contributed by atoms with E-state index in [4.69, 9.17) is 0 Å². The molecule has 0 aliphatic heterocycles. The van der Waals surface area contributed by atoms with Gasteiger partial charge in [0.05, 0.1) is 11.2 Å². The number of carbonyl (C=O) groups is 1. The summed E-state index contributed by atoms with van der Waals surface area (Å²) in [4.78, 5) is 21.4. The van der Waals surface area contributed by atoms with Crippen LogP contribution in [-0.4, -0.2) is 20.4 Å². The van der Waals surface area contributed by atoms with Crippen LogP contribution in [0.2, 0.25) is 0 Å². The van der Waals surface area contributed by atoms with Crippen LogP contribution in [-0.2, 0) is 13.5 Å². The van der Waals surface area contributed by atoms with Gasteiger partial charge in [0.25, 0.3) is 5.91 Å². The summed E-state index contributed by atoms with van der Waals surface area (Å²) in [6.45, 7) is 2.02. The zero-order chi connectivity index (χ0) is 15.5. The average Bonchev–Trinajstić information content (AvgIpc) is 3.16. The van der Waals surface area contributed by atoms with E-state index >= 15 is 0 Å². The predicted molar refractivity (Wildman–Crippen MR) is 88.1 cm³/mol. The van der Waals surface area contributed by atoms with E-state index in [0.29, 0.717) is 4.88 Å². The van der Waals surface area contributed by atoms with Crippen LogP contribution in [0, 0.1) is 0 Å². The Morgan fingerprint density at radius 1 is 1.36 bits per heavy atom. The number of nitrogens with zero attached hydrogens (tertiary/aromatic N) is 3. The molecule has 0 aliphatic carbocycles. The number of anilines is 1. The first kappa shape index (κ1) is 14.5. The third-order valence-corrected chi connectivity index (χ3v) is 4.42. The van der Waals surface area contributed by atoms with Crippen LogP contribution < -0.4 is 5.32 Å². The molecule has 3 aromatic rings. The Morgan fingerprint density at radius 3 is 2.91 bits per heavy atom. The van der Waals surface area contributed by atoms with Crippen molar-refractivity contribution in [2.24, 2.45) is 7.05 Å². The Morgan fingerprint density at radius 2 is 2.23 bits per heavy atom. The summed E-state index contributed by atoms with van der Waals surface area (Å²) in [5, 5.41) is 3.88. The second-order valence-corrected chi connectivity index (χ2v) is 5.98. The number of nitrogens with one attached hydrogen (secondary N) is 1. The van der Waals surface area contributed by atoms with Gasteiger partial charge < -0.3 is 9.88 Å². The minimum absolute atomic E-state index is 0.130. The molecule has 3 rings (SSSR count). The standard InChI is InChI=1S/C16H16N4OS/c1-3-14-18-10-13(22-14)16(21)19-12-6-4-5-11(9-12)15-17-7-8-20(15)2/h4-10H,3H2,1-2H3,(H,19,21). The van der Waals surface area contributed by atoms with Gasteiger partial charge in [0.15, 0.2) is 0 Å². The molecular formula is C16H16N4OS. The lowest BCUT2D eigenvalue weighted by atomic mass is 10.2. The fourth-order valence-corrected chi connectivity index (χ4v) is 2.90. The first-order valence-electron chi connectivity index (χ1n) is 7.01. The minimum Gasteiger partial charge on any atom is -0.334 e. The highest BCUT2D eigenvalue weighted by Gasteiger charge is 2.11. The van der Waals surface area contributed by atoms with E-state index in [1.807, 2.05) is 49.0 Å². The zero-order valence-electron chi connectivity index (χ0n) is 12.4. The number of carbonyl (C=O) groups excluding carboxylic acids is 1. The van der Waals surface area contributed by atoms with Crippen molar-refractivity contribution in [2.75, 3.05) is 5.32 Å². The lowest BCUT2D eigenvalue weighted by Crippen LogP contribution is -2.10. The molecule has 0 aliphatic rings. The molecule has 2 heterocycles. The number of benzene rings is 1. The van der Waals surface area contributed by atoms with E-state index in [-0.39, 0.29) is 5.91 Å². The molecular weight excluding hydrogens is 296 g/mol. The monoisotopic (exact) mass is 312 g/mol. The fourth-order valence-electron chi connectivity index (χ4n) is 2.15. The zero-order valence-corrected chi connectivity index (χ0v) is 13.2. The molecule has 0 saturated heterocycles. The molecule has 6 heteroatoms. The summed E-state index contributed by atoms with van der Waals surface area (Å²) in [6, 6.07) is 7.66. The second-order valence-electron chi connectivity index (χ2n) is 4.87. The molecule has 0 bridgehead atoms. The first-order chi connectivity index (χ1) is 10.7. The van der Waals surface area contributed by atoms with Crippen LogP contribution >= 0.6 is 11.3 Å². The molecule has 112 valence electrons. The van der Waals surface area contributed by atoms with Crippen molar-refractivity contribution in [2.45, 2.75) is 13.3 Å². The number of aryl methyl sites for hydroxylation is 2. The molecule has 0 saturated carbocycles. The second kappa shape index (κ2) is 6.11. The van der Waals surface area contributed by atoms with Gasteiger partial charge in [0, 0.05) is 30.7 Å². The molecule has 0 radical (unpaired) electrons. The largest absolute Gasteiger partial charge is 0.334 e. The number of amides is 1. The van der Waals surface area contributed by atoms with Crippen molar-refractivity contribution in [3.8, 4) is 11.4 Å². The van der Waals surface area contributed by atoms with Gasteiger partial charge in [-0.15, -0.1) is 11.3 Å². The minimum atomic E-state index is -0.130. The molecule has 0 atom stereocenters. The number of thiazole rings is 1. The topological polar surface area (TPSA) is 59.8 Å². The van der Waals surface area contributed by atoms with E-state index in [0.717, 1.165) is 28.5 Å². The summed E-state index contributed by atoms with van der Waals surface area (Å²) < 4.78 is 1.94. The van der Waals surface area contributed by atoms with Crippen molar-refractivity contribution in [1.82, 2.24) is 14.5 Å². The van der Waals surface area contributed by atoms with E-state index in [1.54, 1.807) is 12.4 Å². The van der Waals surface area contributed by atoms with Gasteiger partial charge in [-0.2, -0.15) is 0 Å². The number of aromatic nitrogens is 3. The van der Waals surface area contributed by atoms with Crippen LogP contribution in [0.1, 0.15) is 21.6 Å². The highest BCUT2D eigenvalue weighted by molar-refractivity contribution is 7.13. The first-order valence-corrected chi connectivity index (χ1v) is 7.83. The summed E-state index contributed by atoms with van der Waals surface area (Å²) in [5.41, 5.74) is 1.71. The lowest BCUT2D eigenvalue weighted by Gasteiger charge is -2.06. The van der Waals surface area contributed by atoms with Crippen LogP contribution in [0.25, 0.3) is 11.4 Å². The highest BCUT2D eigenvalue weighted by atomic mass is 32.1. The molecule has 0 spiro atoms. The Hall–Kier alpha value is -2.47. The van der Waals surface area contributed by atoms with E-state index < -0.39 is 0 Å². The maximum atomic E-state index is 12.2. The van der Waals surface area contributed by atoms with Gasteiger partial charge in [-0.1, -0.05) is 19.1 Å². The van der Waals surface area contributed by atoms with Gasteiger partial charge in [0.1, 0.15) is 10.7 Å². The number of rotatable bonds is 4. The Bertz CT molecular complexity index is 806. The lowest BCUT2D eigenvalue weighted by molar-refractivity contribution is 0.103. The highest BCUT2D eigenvalue weighted by Crippen LogP contribution is 2.22. The number of imidazole rings is 1. The molecule has 1 N–H and O–H groups in total. The number of hydrogen-bond donors (Lipinski definition) is 1. The van der Waals surface area contributed by atoms with Gasteiger partial charge in [-0.25, -0.2) is 9.97 Å². The maximum Gasteiger partial charge on any atom is 0.267 e. The molecule has 22 heavy (non-hydrogen) atoms. The predicted octanol–water partition coefficient (Wildman–Crippen LogP) is 3.36. The van der Waals surface area contributed by atoms with Crippen LogP contribution in [0.3, 0.4) is 0 Å². The fraction of sp³-hybridized carbons (Fsp3) is 0.188. The summed E-state index contributed by atoms with van der Waals surface area (Å²) in [7, 11) is 1.94. The van der Waals surface area contributed by atoms with Crippen molar-refractivity contribution < 1.29 is 4.79 Å². The van der Waals surface area contributed by atoms with E-state index in [2.05, 4.69) is 15.3 Å². The number of hydrogen-bond acceptors (Lipinski definition) is 4. The Kier molecular flexibility index (Phi) is 4.02. The van der Waals surface area contributed by atoms with E-state index in [1.165, 1.54) is 11.3 Å².